The Kier molecular flexibility index (Phi) is 5.63. The summed E-state index contributed by atoms with van der Waals surface area (Å²) in [6.45, 7) is 0. The molecule has 0 aliphatic carbocycles. The molecule has 0 atom stereocenters. The van der Waals surface area contributed by atoms with Gasteiger partial charge < -0.3 is 9.67 Å². The first-order valence-electron chi connectivity index (χ1n) is 10.0. The maximum absolute atomic E-state index is 11.0. The first kappa shape index (κ1) is 19.5. The van der Waals surface area contributed by atoms with Crippen LogP contribution < -0.4 is 0 Å². The predicted octanol–water partition coefficient (Wildman–Crippen LogP) is 5.30. The van der Waals surface area contributed by atoms with E-state index in [-0.39, 0.29) is 6.42 Å². The van der Waals surface area contributed by atoms with E-state index in [9.17, 15) is 4.79 Å². The minimum Gasteiger partial charge on any atom is -0.481 e. The van der Waals surface area contributed by atoms with Gasteiger partial charge in [-0.1, -0.05) is 36.4 Å². The van der Waals surface area contributed by atoms with E-state index in [1.165, 1.54) is 11.1 Å². The average molecular weight is 394 g/mol. The van der Waals surface area contributed by atoms with Crippen LogP contribution in [0.25, 0.3) is 16.6 Å². The van der Waals surface area contributed by atoms with Gasteiger partial charge in [0.05, 0.1) is 17.1 Å². The van der Waals surface area contributed by atoms with E-state index in [1.54, 1.807) is 0 Å². The van der Waals surface area contributed by atoms with Gasteiger partial charge in [-0.15, -0.1) is 0 Å². The fraction of sp³-hybridized carbons (Fsp3) is 0.154. The number of benzene rings is 3. The minimum atomic E-state index is -0.783. The van der Waals surface area contributed by atoms with E-state index < -0.39 is 5.97 Å². The van der Waals surface area contributed by atoms with Gasteiger partial charge in [0.1, 0.15) is 0 Å². The van der Waals surface area contributed by atoms with Crippen molar-refractivity contribution in [3.8, 4) is 11.8 Å². The number of hydrogen-bond acceptors (Lipinski definition) is 2. The number of aromatic nitrogens is 1. The molecule has 0 saturated heterocycles. The number of rotatable bonds is 7. The van der Waals surface area contributed by atoms with Crippen LogP contribution in [0.5, 0.6) is 0 Å². The van der Waals surface area contributed by atoms with Crippen LogP contribution in [-0.4, -0.2) is 15.6 Å². The largest absolute Gasteiger partial charge is 0.481 e. The number of fused-ring (bicyclic) bond motifs is 1. The number of aryl methyl sites for hydroxylation is 3. The Balaban J connectivity index is 1.73. The summed E-state index contributed by atoms with van der Waals surface area (Å²) in [5, 5.41) is 19.2. The molecule has 0 saturated carbocycles. The standard InChI is InChI=1S/C26H22N2O2/c27-17-21-7-12-23(13-8-21)28-18-22(11-6-19-4-2-1-3-5-19)24-16-20(9-14-25(24)28)10-15-26(29)30/h1-5,7-9,12-14,16,18H,6,10-11,15H2,(H,29,30). The lowest BCUT2D eigenvalue weighted by Crippen LogP contribution is -1.97. The van der Waals surface area contributed by atoms with Crippen molar-refractivity contribution in [2.24, 2.45) is 0 Å². The minimum absolute atomic E-state index is 0.126. The third-order valence-corrected chi connectivity index (χ3v) is 5.38. The molecule has 4 rings (SSSR count). The second-order valence-corrected chi connectivity index (χ2v) is 7.41. The normalized spacial score (nSPS) is 10.8. The Hall–Kier alpha value is -3.84. The van der Waals surface area contributed by atoms with Crippen molar-refractivity contribution in [2.45, 2.75) is 25.7 Å². The molecule has 1 heterocycles. The third-order valence-electron chi connectivity index (χ3n) is 5.38. The number of nitriles is 1. The van der Waals surface area contributed by atoms with E-state index in [1.807, 2.05) is 36.4 Å². The summed E-state index contributed by atoms with van der Waals surface area (Å²) in [5.41, 5.74) is 6.28. The van der Waals surface area contributed by atoms with Gasteiger partial charge in [0, 0.05) is 23.7 Å². The molecule has 0 unspecified atom stereocenters. The zero-order valence-electron chi connectivity index (χ0n) is 16.6. The monoisotopic (exact) mass is 394 g/mol. The molecular weight excluding hydrogens is 372 g/mol. The van der Waals surface area contributed by atoms with Crippen LogP contribution >= 0.6 is 0 Å². The molecule has 4 aromatic rings. The van der Waals surface area contributed by atoms with Crippen molar-refractivity contribution in [3.63, 3.8) is 0 Å². The van der Waals surface area contributed by atoms with Crippen molar-refractivity contribution in [1.29, 1.82) is 5.26 Å². The van der Waals surface area contributed by atoms with Crippen LogP contribution in [0.1, 0.15) is 28.7 Å². The van der Waals surface area contributed by atoms with Gasteiger partial charge in [-0.3, -0.25) is 4.79 Å². The van der Waals surface area contributed by atoms with Crippen molar-refractivity contribution in [1.82, 2.24) is 4.57 Å². The lowest BCUT2D eigenvalue weighted by atomic mass is 10.0. The molecule has 4 nitrogen and oxygen atoms in total. The highest BCUT2D eigenvalue weighted by Crippen LogP contribution is 2.28. The zero-order chi connectivity index (χ0) is 20.9. The maximum Gasteiger partial charge on any atom is 0.303 e. The van der Waals surface area contributed by atoms with Crippen LogP contribution in [0.4, 0.5) is 0 Å². The van der Waals surface area contributed by atoms with E-state index in [4.69, 9.17) is 10.4 Å². The lowest BCUT2D eigenvalue weighted by Gasteiger charge is -2.06. The van der Waals surface area contributed by atoms with E-state index in [2.05, 4.69) is 53.2 Å². The van der Waals surface area contributed by atoms with Crippen molar-refractivity contribution in [3.05, 3.63) is 101 Å². The zero-order valence-corrected chi connectivity index (χ0v) is 16.6. The maximum atomic E-state index is 11.0. The first-order chi connectivity index (χ1) is 14.6. The van der Waals surface area contributed by atoms with Crippen molar-refractivity contribution in [2.75, 3.05) is 0 Å². The molecule has 0 aliphatic rings. The summed E-state index contributed by atoms with van der Waals surface area (Å²) in [7, 11) is 0. The molecule has 0 fully saturated rings. The molecule has 0 aliphatic heterocycles. The van der Waals surface area contributed by atoms with E-state index >= 15 is 0 Å². The summed E-state index contributed by atoms with van der Waals surface area (Å²) in [4.78, 5) is 11.0. The highest BCUT2D eigenvalue weighted by molar-refractivity contribution is 5.86. The van der Waals surface area contributed by atoms with Crippen molar-refractivity contribution >= 4 is 16.9 Å². The van der Waals surface area contributed by atoms with Crippen molar-refractivity contribution < 1.29 is 9.90 Å². The number of aliphatic carboxylic acids is 1. The van der Waals surface area contributed by atoms with Gasteiger partial charge >= 0.3 is 5.97 Å². The summed E-state index contributed by atoms with van der Waals surface area (Å²) >= 11 is 0. The van der Waals surface area contributed by atoms with Gasteiger partial charge in [-0.2, -0.15) is 5.26 Å². The number of carbonyl (C=O) groups is 1. The van der Waals surface area contributed by atoms with E-state index in [0.717, 1.165) is 35.0 Å². The Morgan fingerprint density at radius 1 is 0.900 bits per heavy atom. The molecular formula is C26H22N2O2. The summed E-state index contributed by atoms with van der Waals surface area (Å²) in [6, 6.07) is 26.3. The molecule has 0 radical (unpaired) electrons. The Labute approximate surface area is 175 Å². The summed E-state index contributed by atoms with van der Waals surface area (Å²) in [5.74, 6) is -0.783. The molecule has 1 aromatic heterocycles. The van der Waals surface area contributed by atoms with Gasteiger partial charge in [0.2, 0.25) is 0 Å². The van der Waals surface area contributed by atoms with Crippen LogP contribution in [0, 0.1) is 11.3 Å². The number of carboxylic acid groups (broad SMARTS) is 1. The second kappa shape index (κ2) is 8.67. The van der Waals surface area contributed by atoms with Gasteiger partial charge in [-0.05, 0) is 72.4 Å². The Bertz CT molecular complexity index is 1220. The second-order valence-electron chi connectivity index (χ2n) is 7.41. The van der Waals surface area contributed by atoms with Crippen LogP contribution in [0.15, 0.2) is 79.0 Å². The Morgan fingerprint density at radius 2 is 1.67 bits per heavy atom. The summed E-state index contributed by atoms with van der Waals surface area (Å²) in [6.07, 6.45) is 4.64. The molecule has 4 heteroatoms. The fourth-order valence-corrected chi connectivity index (χ4v) is 3.79. The molecule has 148 valence electrons. The van der Waals surface area contributed by atoms with E-state index in [0.29, 0.717) is 12.0 Å². The smallest absolute Gasteiger partial charge is 0.303 e. The topological polar surface area (TPSA) is 66.0 Å². The molecule has 30 heavy (non-hydrogen) atoms. The average Bonchev–Trinajstić information content (AvgIpc) is 3.15. The van der Waals surface area contributed by atoms with Crippen LogP contribution in [0.3, 0.4) is 0 Å². The number of carboxylic acids is 1. The van der Waals surface area contributed by atoms with Gasteiger partial charge in [-0.25, -0.2) is 0 Å². The number of nitrogens with zero attached hydrogens (tertiary/aromatic N) is 2. The third kappa shape index (κ3) is 4.26. The highest BCUT2D eigenvalue weighted by atomic mass is 16.4. The molecule has 3 aromatic carbocycles. The Morgan fingerprint density at radius 3 is 2.37 bits per heavy atom. The molecule has 0 spiro atoms. The molecule has 0 bridgehead atoms. The quantitative estimate of drug-likeness (QED) is 0.462. The fourth-order valence-electron chi connectivity index (χ4n) is 3.79. The van der Waals surface area contributed by atoms with Gasteiger partial charge in [0.25, 0.3) is 0 Å². The SMILES string of the molecule is N#Cc1ccc(-n2cc(CCc3ccccc3)c3cc(CCC(=O)O)ccc32)cc1. The molecule has 0 amide bonds. The highest BCUT2D eigenvalue weighted by Gasteiger charge is 2.12. The lowest BCUT2D eigenvalue weighted by molar-refractivity contribution is -0.136. The van der Waals surface area contributed by atoms with Crippen LogP contribution in [0.2, 0.25) is 0 Å². The first-order valence-corrected chi connectivity index (χ1v) is 10.0. The predicted molar refractivity (Wildman–Crippen MR) is 118 cm³/mol. The number of hydrogen-bond donors (Lipinski definition) is 1. The molecule has 1 N–H and O–H groups in total. The van der Waals surface area contributed by atoms with Gasteiger partial charge in [0.15, 0.2) is 0 Å². The van der Waals surface area contributed by atoms with Crippen LogP contribution in [-0.2, 0) is 24.1 Å². The summed E-state index contributed by atoms with van der Waals surface area (Å²) < 4.78 is 2.15.